The van der Waals surface area contributed by atoms with Crippen molar-refractivity contribution in [2.75, 3.05) is 18.5 Å². The first-order valence-electron chi connectivity index (χ1n) is 8.22. The Hall–Kier alpha value is -1.36. The molecule has 1 amide bonds. The number of carbonyl (C=O) groups is 1. The SMILES string of the molecule is O=C(Nc1cnn(CC2CCOCC2)c1)C1CCCCC1. The van der Waals surface area contributed by atoms with Gasteiger partial charge in [-0.05, 0) is 31.6 Å². The smallest absolute Gasteiger partial charge is 0.227 e. The van der Waals surface area contributed by atoms with E-state index in [9.17, 15) is 4.79 Å². The first-order valence-corrected chi connectivity index (χ1v) is 8.22. The molecule has 2 heterocycles. The molecule has 2 fully saturated rings. The Morgan fingerprint density at radius 2 is 2.00 bits per heavy atom. The lowest BCUT2D eigenvalue weighted by Crippen LogP contribution is -2.24. The normalized spacial score (nSPS) is 21.3. The van der Waals surface area contributed by atoms with Crippen LogP contribution in [0.25, 0.3) is 0 Å². The summed E-state index contributed by atoms with van der Waals surface area (Å²) < 4.78 is 7.33. The van der Waals surface area contributed by atoms with Crippen LogP contribution in [0.1, 0.15) is 44.9 Å². The number of rotatable bonds is 4. The summed E-state index contributed by atoms with van der Waals surface area (Å²) in [6.07, 6.45) is 11.6. The first kappa shape index (κ1) is 14.6. The molecule has 1 aliphatic heterocycles. The van der Waals surface area contributed by atoms with Gasteiger partial charge in [-0.2, -0.15) is 5.10 Å². The lowest BCUT2D eigenvalue weighted by atomic mass is 9.89. The molecule has 116 valence electrons. The summed E-state index contributed by atoms with van der Waals surface area (Å²) in [6.45, 7) is 2.64. The van der Waals surface area contributed by atoms with Crippen LogP contribution >= 0.6 is 0 Å². The number of nitrogens with zero attached hydrogens (tertiary/aromatic N) is 2. The molecular weight excluding hydrogens is 266 g/mol. The van der Waals surface area contributed by atoms with Gasteiger partial charge in [-0.1, -0.05) is 19.3 Å². The number of nitrogens with one attached hydrogen (secondary N) is 1. The first-order chi connectivity index (χ1) is 10.3. The topological polar surface area (TPSA) is 56.2 Å². The Morgan fingerprint density at radius 1 is 1.24 bits per heavy atom. The van der Waals surface area contributed by atoms with Gasteiger partial charge in [-0.3, -0.25) is 9.48 Å². The second kappa shape index (κ2) is 7.07. The van der Waals surface area contributed by atoms with Crippen LogP contribution in [0, 0.1) is 11.8 Å². The van der Waals surface area contributed by atoms with Crippen molar-refractivity contribution in [3.8, 4) is 0 Å². The Kier molecular flexibility index (Phi) is 4.91. The van der Waals surface area contributed by atoms with E-state index in [1.54, 1.807) is 6.20 Å². The molecule has 5 nitrogen and oxygen atoms in total. The Bertz CT molecular complexity index is 460. The van der Waals surface area contributed by atoms with Gasteiger partial charge in [0.25, 0.3) is 0 Å². The predicted octanol–water partition coefficient (Wildman–Crippen LogP) is 2.83. The van der Waals surface area contributed by atoms with E-state index in [0.717, 1.165) is 51.1 Å². The predicted molar refractivity (Wildman–Crippen MR) is 81.0 cm³/mol. The van der Waals surface area contributed by atoms with Crippen LogP contribution in [0.15, 0.2) is 12.4 Å². The summed E-state index contributed by atoms with van der Waals surface area (Å²) in [5, 5.41) is 7.39. The van der Waals surface area contributed by atoms with Gasteiger partial charge in [0.05, 0.1) is 11.9 Å². The number of amides is 1. The third-order valence-electron chi connectivity index (χ3n) is 4.66. The summed E-state index contributed by atoms with van der Waals surface area (Å²) in [6, 6.07) is 0. The van der Waals surface area contributed by atoms with Gasteiger partial charge < -0.3 is 10.1 Å². The van der Waals surface area contributed by atoms with Crippen LogP contribution in [0.4, 0.5) is 5.69 Å². The molecule has 3 rings (SSSR count). The molecular formula is C16H25N3O2. The van der Waals surface area contributed by atoms with Crippen LogP contribution in [-0.2, 0) is 16.1 Å². The number of hydrogen-bond donors (Lipinski definition) is 1. The molecule has 5 heteroatoms. The Labute approximate surface area is 126 Å². The van der Waals surface area contributed by atoms with E-state index >= 15 is 0 Å². The van der Waals surface area contributed by atoms with E-state index in [1.807, 2.05) is 10.9 Å². The number of carbonyl (C=O) groups excluding carboxylic acids is 1. The average molecular weight is 291 g/mol. The molecule has 0 unspecified atom stereocenters. The van der Waals surface area contributed by atoms with Gasteiger partial charge in [-0.15, -0.1) is 0 Å². The third-order valence-corrected chi connectivity index (χ3v) is 4.66. The molecule has 1 aromatic heterocycles. The zero-order valence-electron chi connectivity index (χ0n) is 12.6. The van der Waals surface area contributed by atoms with Gasteiger partial charge in [0.1, 0.15) is 0 Å². The fraction of sp³-hybridized carbons (Fsp3) is 0.750. The molecule has 1 aromatic rings. The van der Waals surface area contributed by atoms with E-state index in [0.29, 0.717) is 5.92 Å². The second-order valence-corrected chi connectivity index (χ2v) is 6.33. The molecule has 1 saturated heterocycles. The van der Waals surface area contributed by atoms with Crippen LogP contribution in [-0.4, -0.2) is 28.9 Å². The number of ether oxygens (including phenoxy) is 1. The minimum Gasteiger partial charge on any atom is -0.381 e. The molecule has 0 radical (unpaired) electrons. The molecule has 0 aromatic carbocycles. The molecule has 2 aliphatic rings. The summed E-state index contributed by atoms with van der Waals surface area (Å²) in [7, 11) is 0. The molecule has 1 N–H and O–H groups in total. The lowest BCUT2D eigenvalue weighted by Gasteiger charge is -2.21. The van der Waals surface area contributed by atoms with Crippen molar-refractivity contribution < 1.29 is 9.53 Å². The van der Waals surface area contributed by atoms with Crippen LogP contribution in [0.2, 0.25) is 0 Å². The lowest BCUT2D eigenvalue weighted by molar-refractivity contribution is -0.120. The van der Waals surface area contributed by atoms with Crippen LogP contribution < -0.4 is 5.32 Å². The summed E-state index contributed by atoms with van der Waals surface area (Å²) in [5.74, 6) is 0.999. The second-order valence-electron chi connectivity index (χ2n) is 6.33. The summed E-state index contributed by atoms with van der Waals surface area (Å²) >= 11 is 0. The summed E-state index contributed by atoms with van der Waals surface area (Å²) in [5.41, 5.74) is 0.831. The Balaban J connectivity index is 1.50. The number of hydrogen-bond acceptors (Lipinski definition) is 3. The number of aromatic nitrogens is 2. The molecule has 0 bridgehead atoms. The third kappa shape index (κ3) is 4.06. The average Bonchev–Trinajstić information content (AvgIpc) is 2.96. The van der Waals surface area contributed by atoms with Crippen molar-refractivity contribution in [1.82, 2.24) is 9.78 Å². The monoisotopic (exact) mass is 291 g/mol. The van der Waals surface area contributed by atoms with Gasteiger partial charge in [-0.25, -0.2) is 0 Å². The van der Waals surface area contributed by atoms with E-state index in [4.69, 9.17) is 4.74 Å². The maximum absolute atomic E-state index is 12.2. The van der Waals surface area contributed by atoms with Crippen molar-refractivity contribution in [3.05, 3.63) is 12.4 Å². The van der Waals surface area contributed by atoms with Crippen LogP contribution in [0.5, 0.6) is 0 Å². The Morgan fingerprint density at radius 3 is 2.76 bits per heavy atom. The molecule has 1 aliphatic carbocycles. The van der Waals surface area contributed by atoms with Gasteiger partial charge in [0.2, 0.25) is 5.91 Å². The van der Waals surface area contributed by atoms with E-state index in [2.05, 4.69) is 10.4 Å². The van der Waals surface area contributed by atoms with Crippen LogP contribution in [0.3, 0.4) is 0 Å². The highest BCUT2D eigenvalue weighted by Gasteiger charge is 2.21. The minimum absolute atomic E-state index is 0.167. The van der Waals surface area contributed by atoms with Gasteiger partial charge in [0.15, 0.2) is 0 Å². The zero-order chi connectivity index (χ0) is 14.5. The van der Waals surface area contributed by atoms with Crippen molar-refractivity contribution in [1.29, 1.82) is 0 Å². The summed E-state index contributed by atoms with van der Waals surface area (Å²) in [4.78, 5) is 12.2. The standard InChI is InChI=1S/C16H25N3O2/c20-16(14-4-2-1-3-5-14)18-15-10-17-19(12-15)11-13-6-8-21-9-7-13/h10,12-14H,1-9,11H2,(H,18,20). The zero-order valence-corrected chi connectivity index (χ0v) is 12.6. The maximum Gasteiger partial charge on any atom is 0.227 e. The highest BCUT2D eigenvalue weighted by molar-refractivity contribution is 5.92. The maximum atomic E-state index is 12.2. The van der Waals surface area contributed by atoms with E-state index in [1.165, 1.54) is 19.3 Å². The fourth-order valence-electron chi connectivity index (χ4n) is 3.33. The molecule has 0 atom stereocenters. The number of anilines is 1. The van der Waals surface area contributed by atoms with E-state index < -0.39 is 0 Å². The highest BCUT2D eigenvalue weighted by atomic mass is 16.5. The van der Waals surface area contributed by atoms with Crippen molar-refractivity contribution >= 4 is 11.6 Å². The van der Waals surface area contributed by atoms with Gasteiger partial charge in [0, 0.05) is 31.9 Å². The molecule has 1 saturated carbocycles. The largest absolute Gasteiger partial charge is 0.381 e. The minimum atomic E-state index is 0.167. The fourth-order valence-corrected chi connectivity index (χ4v) is 3.33. The van der Waals surface area contributed by atoms with Gasteiger partial charge >= 0.3 is 0 Å². The molecule has 0 spiro atoms. The molecule has 21 heavy (non-hydrogen) atoms. The van der Waals surface area contributed by atoms with Crippen molar-refractivity contribution in [3.63, 3.8) is 0 Å². The van der Waals surface area contributed by atoms with Crippen molar-refractivity contribution in [2.45, 2.75) is 51.5 Å². The van der Waals surface area contributed by atoms with E-state index in [-0.39, 0.29) is 11.8 Å². The quantitative estimate of drug-likeness (QED) is 0.928. The van der Waals surface area contributed by atoms with Crippen molar-refractivity contribution in [2.24, 2.45) is 11.8 Å². The highest BCUT2D eigenvalue weighted by Crippen LogP contribution is 2.25.